The van der Waals surface area contributed by atoms with Crippen LogP contribution in [0.25, 0.3) is 0 Å². The van der Waals surface area contributed by atoms with E-state index >= 15 is 0 Å². The SMILES string of the molecule is COc1ccc2c3c1OC1[C@H](NC(=O)c4cccc(I)c4)CCC4C(C2)N(C)CCC341. The number of hydrogen-bond donors (Lipinski definition) is 1. The molecule has 0 radical (unpaired) electrons. The molecule has 2 aromatic rings. The second kappa shape index (κ2) is 7.10. The summed E-state index contributed by atoms with van der Waals surface area (Å²) < 4.78 is 13.5. The topological polar surface area (TPSA) is 50.8 Å². The summed E-state index contributed by atoms with van der Waals surface area (Å²) in [7, 11) is 3.98. The Morgan fingerprint density at radius 2 is 2.16 bits per heavy atom. The van der Waals surface area contributed by atoms with E-state index in [2.05, 4.69) is 52.0 Å². The van der Waals surface area contributed by atoms with E-state index in [1.165, 1.54) is 11.1 Å². The lowest BCUT2D eigenvalue weighted by molar-refractivity contribution is -0.0558. The molecule has 0 aromatic heterocycles. The van der Waals surface area contributed by atoms with Crippen molar-refractivity contribution in [1.82, 2.24) is 10.2 Å². The number of ether oxygens (including phenoxy) is 2. The number of likely N-dealkylation sites (tertiary alicyclic amines) is 1. The van der Waals surface area contributed by atoms with Gasteiger partial charge in [0.1, 0.15) is 6.10 Å². The Labute approximate surface area is 196 Å². The van der Waals surface area contributed by atoms with Crippen molar-refractivity contribution in [3.05, 3.63) is 56.7 Å². The number of hydrogen-bond acceptors (Lipinski definition) is 4. The Balaban J connectivity index is 1.41. The lowest BCUT2D eigenvalue weighted by Gasteiger charge is -2.59. The number of nitrogens with one attached hydrogen (secondary N) is 1. The molecule has 2 bridgehead atoms. The molecule has 6 rings (SSSR count). The Kier molecular flexibility index (Phi) is 4.55. The number of rotatable bonds is 3. The number of benzene rings is 2. The van der Waals surface area contributed by atoms with Crippen molar-refractivity contribution >= 4 is 28.5 Å². The van der Waals surface area contributed by atoms with Crippen LogP contribution in [-0.2, 0) is 11.8 Å². The minimum atomic E-state index is -0.0421. The maximum Gasteiger partial charge on any atom is 0.251 e. The molecule has 1 amide bonds. The van der Waals surface area contributed by atoms with Gasteiger partial charge in [-0.05, 0) is 97.6 Å². The molecular weight excluding hydrogens is 503 g/mol. The first-order valence-corrected chi connectivity index (χ1v) is 12.2. The smallest absolute Gasteiger partial charge is 0.251 e. The molecule has 31 heavy (non-hydrogen) atoms. The maximum atomic E-state index is 13.1. The lowest BCUT2D eigenvalue weighted by atomic mass is 9.51. The Morgan fingerprint density at radius 1 is 1.29 bits per heavy atom. The zero-order valence-electron chi connectivity index (χ0n) is 17.9. The summed E-state index contributed by atoms with van der Waals surface area (Å²) in [6, 6.07) is 12.6. The fraction of sp³-hybridized carbons (Fsp3) is 0.480. The van der Waals surface area contributed by atoms with Gasteiger partial charge in [-0.15, -0.1) is 0 Å². The van der Waals surface area contributed by atoms with Crippen LogP contribution in [0.5, 0.6) is 11.5 Å². The third kappa shape index (κ3) is 2.73. The molecule has 1 N–H and O–H groups in total. The summed E-state index contributed by atoms with van der Waals surface area (Å²) in [5.74, 6) is 2.29. The number of nitrogens with zero attached hydrogens (tertiary/aromatic N) is 1. The molecule has 5 nitrogen and oxygen atoms in total. The third-order valence-corrected chi connectivity index (χ3v) is 8.87. The monoisotopic (exact) mass is 530 g/mol. The van der Waals surface area contributed by atoms with E-state index in [-0.39, 0.29) is 23.5 Å². The number of halogens is 1. The molecule has 2 aromatic carbocycles. The molecule has 6 heteroatoms. The van der Waals surface area contributed by atoms with E-state index in [1.54, 1.807) is 7.11 Å². The van der Waals surface area contributed by atoms with Crippen LogP contribution < -0.4 is 14.8 Å². The van der Waals surface area contributed by atoms with Gasteiger partial charge in [0.25, 0.3) is 5.91 Å². The average molecular weight is 530 g/mol. The summed E-state index contributed by atoms with van der Waals surface area (Å²) in [5, 5.41) is 3.36. The molecule has 5 atom stereocenters. The van der Waals surface area contributed by atoms with Gasteiger partial charge >= 0.3 is 0 Å². The van der Waals surface area contributed by atoms with Gasteiger partial charge in [0.15, 0.2) is 11.5 Å². The number of amides is 1. The predicted octanol–water partition coefficient (Wildman–Crippen LogP) is 3.77. The van der Waals surface area contributed by atoms with Crippen LogP contribution in [0.2, 0.25) is 0 Å². The van der Waals surface area contributed by atoms with E-state index in [0.29, 0.717) is 17.5 Å². The summed E-state index contributed by atoms with van der Waals surface area (Å²) in [5.41, 5.74) is 3.45. The van der Waals surface area contributed by atoms with Gasteiger partial charge in [-0.25, -0.2) is 0 Å². The van der Waals surface area contributed by atoms with Crippen molar-refractivity contribution in [2.75, 3.05) is 20.7 Å². The van der Waals surface area contributed by atoms with Crippen molar-refractivity contribution in [1.29, 1.82) is 0 Å². The van der Waals surface area contributed by atoms with Crippen molar-refractivity contribution in [3.8, 4) is 11.5 Å². The zero-order chi connectivity index (χ0) is 21.3. The van der Waals surface area contributed by atoms with Crippen LogP contribution in [0.1, 0.15) is 40.7 Å². The van der Waals surface area contributed by atoms with Crippen LogP contribution in [0.3, 0.4) is 0 Å². The summed E-state index contributed by atoms with van der Waals surface area (Å²) in [6.07, 6.45) is 4.16. The lowest BCUT2D eigenvalue weighted by Crippen LogP contribution is -2.68. The highest BCUT2D eigenvalue weighted by Crippen LogP contribution is 2.63. The number of piperidine rings is 1. The molecule has 2 fully saturated rings. The van der Waals surface area contributed by atoms with Gasteiger partial charge in [-0.1, -0.05) is 12.1 Å². The van der Waals surface area contributed by atoms with Gasteiger partial charge < -0.3 is 19.7 Å². The Hall–Kier alpha value is -1.80. The van der Waals surface area contributed by atoms with Crippen molar-refractivity contribution < 1.29 is 14.3 Å². The second-order valence-corrected chi connectivity index (χ2v) is 10.7. The van der Waals surface area contributed by atoms with Crippen LogP contribution in [-0.4, -0.2) is 49.7 Å². The first-order valence-electron chi connectivity index (χ1n) is 11.2. The summed E-state index contributed by atoms with van der Waals surface area (Å²) in [6.45, 7) is 1.06. The number of likely N-dealkylation sites (N-methyl/N-ethyl adjacent to an activating group) is 1. The fourth-order valence-electron chi connectivity index (χ4n) is 6.92. The molecule has 2 aliphatic heterocycles. The van der Waals surface area contributed by atoms with Gasteiger partial charge in [-0.2, -0.15) is 0 Å². The Bertz CT molecular complexity index is 1070. The summed E-state index contributed by atoms with van der Waals surface area (Å²) in [4.78, 5) is 15.7. The fourth-order valence-corrected chi connectivity index (χ4v) is 7.46. The highest BCUT2D eigenvalue weighted by Gasteiger charge is 2.65. The van der Waals surface area contributed by atoms with Crippen molar-refractivity contribution in [2.24, 2.45) is 5.92 Å². The molecule has 1 spiro atoms. The molecule has 4 aliphatic rings. The third-order valence-electron chi connectivity index (χ3n) is 8.20. The molecule has 162 valence electrons. The molecule has 4 unspecified atom stereocenters. The highest BCUT2D eigenvalue weighted by atomic mass is 127. The average Bonchev–Trinajstić information content (AvgIpc) is 3.12. The van der Waals surface area contributed by atoms with Crippen molar-refractivity contribution in [3.63, 3.8) is 0 Å². The molecule has 1 saturated heterocycles. The van der Waals surface area contributed by atoms with Gasteiger partial charge in [0.2, 0.25) is 0 Å². The van der Waals surface area contributed by atoms with Crippen LogP contribution >= 0.6 is 22.6 Å². The maximum absolute atomic E-state index is 13.1. The summed E-state index contributed by atoms with van der Waals surface area (Å²) >= 11 is 2.25. The van der Waals surface area contributed by atoms with E-state index in [1.807, 2.05) is 24.3 Å². The highest BCUT2D eigenvalue weighted by molar-refractivity contribution is 14.1. The van der Waals surface area contributed by atoms with Gasteiger partial charge in [-0.3, -0.25) is 4.79 Å². The first-order chi connectivity index (χ1) is 15.0. The van der Waals surface area contributed by atoms with Crippen LogP contribution in [0.15, 0.2) is 36.4 Å². The predicted molar refractivity (Wildman–Crippen MR) is 127 cm³/mol. The van der Waals surface area contributed by atoms with E-state index < -0.39 is 0 Å². The first kappa shape index (κ1) is 19.9. The Morgan fingerprint density at radius 3 is 2.97 bits per heavy atom. The standard InChI is InChI=1S/C25H27IN2O3/c1-28-11-10-25-17-7-8-18(27-24(29)15-4-3-5-16(26)12-15)23(25)31-22-20(30-2)9-6-14(21(22)25)13-19(17)28/h3-6,9,12,17-19,23H,7-8,10-11,13H2,1-2H3,(H,27,29)/t17?,18-,19?,23?,25?/m1/s1. The molecule has 2 heterocycles. The number of methoxy groups -OCH3 is 1. The molecule has 1 saturated carbocycles. The largest absolute Gasteiger partial charge is 0.493 e. The zero-order valence-corrected chi connectivity index (χ0v) is 20.0. The van der Waals surface area contributed by atoms with E-state index in [0.717, 1.165) is 47.3 Å². The minimum absolute atomic E-state index is 0.00581. The molecular formula is C25H27IN2O3. The van der Waals surface area contributed by atoms with Gasteiger partial charge in [0.05, 0.1) is 13.2 Å². The molecule has 2 aliphatic carbocycles. The van der Waals surface area contributed by atoms with E-state index in [4.69, 9.17) is 9.47 Å². The quantitative estimate of drug-likeness (QED) is 0.615. The van der Waals surface area contributed by atoms with Crippen LogP contribution in [0.4, 0.5) is 0 Å². The number of carbonyl (C=O) groups is 1. The minimum Gasteiger partial charge on any atom is -0.493 e. The van der Waals surface area contributed by atoms with Gasteiger partial charge in [0, 0.05) is 26.2 Å². The number of carbonyl (C=O) groups excluding carboxylic acids is 1. The van der Waals surface area contributed by atoms with Crippen LogP contribution in [0, 0.1) is 9.49 Å². The second-order valence-electron chi connectivity index (χ2n) is 9.49. The van der Waals surface area contributed by atoms with Crippen molar-refractivity contribution in [2.45, 2.75) is 49.3 Å². The normalized spacial score (nSPS) is 32.7. The van der Waals surface area contributed by atoms with E-state index in [9.17, 15) is 4.79 Å².